The quantitative estimate of drug-likeness (QED) is 0.287. The van der Waals surface area contributed by atoms with E-state index < -0.39 is 27.8 Å². The van der Waals surface area contributed by atoms with Crippen molar-refractivity contribution in [3.8, 4) is 0 Å². The summed E-state index contributed by atoms with van der Waals surface area (Å²) < 4.78 is 17.2. The third kappa shape index (κ3) is 33.6. The molecule has 0 aromatic heterocycles. The Hall–Kier alpha value is 2.28. The van der Waals surface area contributed by atoms with E-state index in [-0.39, 0.29) is 55.9 Å². The molecule has 0 bridgehead atoms. The van der Waals surface area contributed by atoms with Gasteiger partial charge in [0.2, 0.25) is 0 Å². The van der Waals surface area contributed by atoms with E-state index in [1.54, 1.807) is 0 Å². The summed E-state index contributed by atoms with van der Waals surface area (Å²) in [7, 11) is 0. The molecule has 0 heterocycles. The minimum atomic E-state index is -2.51. The van der Waals surface area contributed by atoms with Crippen molar-refractivity contribution in [3.05, 3.63) is 0 Å². The molecule has 0 aliphatic heterocycles. The summed E-state index contributed by atoms with van der Waals surface area (Å²) >= 11 is -2.51. The van der Waals surface area contributed by atoms with E-state index in [0.717, 1.165) is 0 Å². The van der Waals surface area contributed by atoms with Gasteiger partial charge < -0.3 is 24.8 Å². The largest absolute Gasteiger partial charge is 0 e. The van der Waals surface area contributed by atoms with Crippen LogP contribution in [0.15, 0.2) is 0 Å². The van der Waals surface area contributed by atoms with Crippen LogP contribution in [0.25, 0.3) is 0 Å². The van der Waals surface area contributed by atoms with Crippen LogP contribution in [0.4, 0.5) is 0 Å². The van der Waals surface area contributed by atoms with Crippen LogP contribution in [-0.4, -0.2) is 0 Å². The van der Waals surface area contributed by atoms with Gasteiger partial charge in [-0.15, -0.1) is 0 Å². The van der Waals surface area contributed by atoms with E-state index in [9.17, 15) is 0 Å². The Bertz CT molecular complexity index is 30.5. The average molecular weight is 579 g/mol. The van der Waals surface area contributed by atoms with Crippen molar-refractivity contribution in [2.75, 3.05) is 0 Å². The molecule has 0 aromatic carbocycles. The van der Waals surface area contributed by atoms with Crippen molar-refractivity contribution in [2.24, 2.45) is 0 Å². The zero-order valence-electron chi connectivity index (χ0n) is 2.57. The Labute approximate surface area is 86.6 Å². The fourth-order valence-corrected chi connectivity index (χ4v) is 0. The second-order valence-electron chi connectivity index (χ2n) is 0.0833. The van der Waals surface area contributed by atoms with Gasteiger partial charge in [0.15, 0.2) is 0 Å². The molecular formula is Cl2O2U2. The van der Waals surface area contributed by atoms with E-state index in [4.69, 9.17) is 4.47 Å². The maximum atomic E-state index is 8.58. The summed E-state index contributed by atoms with van der Waals surface area (Å²) in [6.45, 7) is 0. The second-order valence-corrected chi connectivity index (χ2v) is 0.777. The predicted molar refractivity (Wildman–Crippen MR) is 1.37 cm³/mol. The summed E-state index contributed by atoms with van der Waals surface area (Å²) in [6.07, 6.45) is 0. The summed E-state index contributed by atoms with van der Waals surface area (Å²) in [5, 5.41) is 0. The van der Waals surface area contributed by atoms with Gasteiger partial charge in [-0.3, -0.25) is 0 Å². The third-order valence-electron chi connectivity index (χ3n) is 0. The molecule has 0 aliphatic rings. The molecule has 0 saturated carbocycles. The van der Waals surface area contributed by atoms with E-state index >= 15 is 0 Å². The topological polar surface area (TPSA) is 34.1 Å². The number of halogens is 2. The van der Waals surface area contributed by atoms with Crippen LogP contribution >= 0.6 is 0 Å². The molecule has 0 aliphatic carbocycles. The maximum Gasteiger partial charge on any atom is 0 e. The molecule has 6 heavy (non-hydrogen) atoms. The van der Waals surface area contributed by atoms with Crippen molar-refractivity contribution < 1.29 is 88.2 Å². The first-order chi connectivity index (χ1) is 1.41. The summed E-state index contributed by atoms with van der Waals surface area (Å²) in [6, 6.07) is 0. The zero-order chi connectivity index (χ0) is 2.71. The van der Waals surface area contributed by atoms with Crippen molar-refractivity contribution in [1.29, 1.82) is 0 Å². The van der Waals surface area contributed by atoms with E-state index in [1.165, 1.54) is 0 Å². The minimum absolute atomic E-state index is 0. The van der Waals surface area contributed by atoms with Crippen molar-refractivity contribution in [3.63, 3.8) is 0 Å². The van der Waals surface area contributed by atoms with Gasteiger partial charge in [-0.25, -0.2) is 0 Å². The van der Waals surface area contributed by atoms with Gasteiger partial charge in [0.1, 0.15) is 0 Å². The first-order valence-electron chi connectivity index (χ1n) is 0.408. The van der Waals surface area contributed by atoms with Gasteiger partial charge in [0.05, 0.1) is 0 Å². The van der Waals surface area contributed by atoms with Crippen molar-refractivity contribution >= 4 is 0 Å². The normalized spacial score (nSPS) is 1.33. The molecule has 6 heteroatoms. The number of hydrogen-bond acceptors (Lipinski definition) is 2. The molecule has 0 unspecified atom stereocenters. The van der Waals surface area contributed by atoms with Crippen LogP contribution in [0.1, 0.15) is 0 Å². The molecule has 34 valence electrons. The molecule has 0 atom stereocenters. The first kappa shape index (κ1) is 23.9. The molecule has 0 aromatic rings. The third-order valence-corrected chi connectivity index (χ3v) is 0. The molecule has 2 nitrogen and oxygen atoms in total. The minimum Gasteiger partial charge on any atom is 0 e. The molecule has 0 spiro atoms. The van der Waals surface area contributed by atoms with Crippen LogP contribution in [0.5, 0.6) is 0 Å². The SMILES string of the molecule is [Cl-].[Cl-].[O]=[U+2]=[O].[U]. The number of hydrogen-bond donors (Lipinski definition) is 0. The second kappa shape index (κ2) is 26.7. The number of rotatable bonds is 0. The van der Waals surface area contributed by atoms with Gasteiger partial charge >= 0.3 is 32.3 Å². The Balaban J connectivity index is -0.00000000667. The van der Waals surface area contributed by atoms with E-state index in [1.807, 2.05) is 0 Å². The Morgan fingerprint density at radius 2 is 1.00 bits per heavy atom. The summed E-state index contributed by atoms with van der Waals surface area (Å²) in [4.78, 5) is 0. The Morgan fingerprint density at radius 3 is 1.00 bits per heavy atom. The van der Waals surface area contributed by atoms with Crippen molar-refractivity contribution in [1.82, 2.24) is 0 Å². The van der Waals surface area contributed by atoms with Crippen LogP contribution in [-0.2, 0) is 4.47 Å². The Morgan fingerprint density at radius 1 is 1.00 bits per heavy atom. The fraction of sp³-hybridized carbons (Fsp3) is 0. The standard InChI is InChI=1S/2ClH.2O.2U/h2*1H;;;;/q;;;;;+2/p-2. The van der Waals surface area contributed by atoms with Crippen LogP contribution in [0.3, 0.4) is 0 Å². The zero-order valence-corrected chi connectivity index (χ0v) is 12.4. The molecule has 0 radical (unpaired) electrons. The van der Waals surface area contributed by atoms with Gasteiger partial charge in [-0.1, -0.05) is 0 Å². The molecule has 0 amide bonds. The van der Waals surface area contributed by atoms with Crippen LogP contribution < -0.4 is 24.8 Å². The summed E-state index contributed by atoms with van der Waals surface area (Å²) in [5.74, 6) is 0. The smallest absolute Gasteiger partial charge is 0 e. The molecule has 0 N–H and O–H groups in total. The molecular weight excluding hydrogens is 579 g/mol. The maximum absolute atomic E-state index is 8.58. The van der Waals surface area contributed by atoms with Gasteiger partial charge in [-0.05, 0) is 0 Å². The fourth-order valence-electron chi connectivity index (χ4n) is 0. The molecule has 0 rings (SSSR count). The van der Waals surface area contributed by atoms with Gasteiger partial charge in [0, 0.05) is 31.1 Å². The molecule has 0 fully saturated rings. The summed E-state index contributed by atoms with van der Waals surface area (Å²) in [5.41, 5.74) is 0. The van der Waals surface area contributed by atoms with Gasteiger partial charge in [-0.2, -0.15) is 0 Å². The van der Waals surface area contributed by atoms with Gasteiger partial charge in [0.25, 0.3) is 0 Å². The van der Waals surface area contributed by atoms with Crippen LogP contribution in [0, 0.1) is 58.9 Å². The average Bonchev–Trinajstić information content (AvgIpc) is 0.918. The Kier molecular flexibility index (Phi) is 106. The van der Waals surface area contributed by atoms with E-state index in [0.29, 0.717) is 0 Å². The van der Waals surface area contributed by atoms with E-state index in [2.05, 4.69) is 0 Å². The van der Waals surface area contributed by atoms with Crippen molar-refractivity contribution in [2.45, 2.75) is 0 Å². The molecule has 0 saturated heterocycles. The predicted octanol–water partition coefficient (Wildman–Crippen LogP) is -6.23. The monoisotopic (exact) mass is 578 g/mol. The van der Waals surface area contributed by atoms with Crippen LogP contribution in [0.2, 0.25) is 0 Å². The first-order valence-corrected chi connectivity index (χ1v) is 3.81.